The van der Waals surface area contributed by atoms with Crippen LogP contribution in [0.2, 0.25) is 0 Å². The average molecular weight is 215 g/mol. The van der Waals surface area contributed by atoms with Gasteiger partial charge in [-0.2, -0.15) is 0 Å². The van der Waals surface area contributed by atoms with Gasteiger partial charge in [-0.1, -0.05) is 6.92 Å². The molecule has 0 aliphatic carbocycles. The van der Waals surface area contributed by atoms with Crippen LogP contribution in [0.15, 0.2) is 0 Å². The van der Waals surface area contributed by atoms with E-state index in [0.717, 1.165) is 25.9 Å². The first-order chi connectivity index (χ1) is 6.85. The summed E-state index contributed by atoms with van der Waals surface area (Å²) in [5, 5.41) is 9.67. The second kappa shape index (κ2) is 6.96. The molecular weight excluding hydrogens is 190 g/mol. The van der Waals surface area contributed by atoms with E-state index >= 15 is 0 Å². The fourth-order valence-corrected chi connectivity index (χ4v) is 1.61. The summed E-state index contributed by atoms with van der Waals surface area (Å²) in [7, 11) is 0. The van der Waals surface area contributed by atoms with E-state index in [2.05, 4.69) is 11.8 Å². The Hall–Kier alpha value is -0.410. The maximum Gasteiger partial charge on any atom is 0.129 e. The van der Waals surface area contributed by atoms with Crippen LogP contribution in [0.1, 0.15) is 47.0 Å². The van der Waals surface area contributed by atoms with Crippen molar-refractivity contribution in [2.75, 3.05) is 19.6 Å². The van der Waals surface area contributed by atoms with E-state index in [0.29, 0.717) is 13.0 Å². The van der Waals surface area contributed by atoms with Crippen molar-refractivity contribution >= 4 is 5.78 Å². The van der Waals surface area contributed by atoms with Crippen LogP contribution in [0.3, 0.4) is 0 Å². The Morgan fingerprint density at radius 3 is 2.33 bits per heavy atom. The van der Waals surface area contributed by atoms with Crippen molar-refractivity contribution in [1.82, 2.24) is 4.90 Å². The average Bonchev–Trinajstić information content (AvgIpc) is 2.08. The van der Waals surface area contributed by atoms with Gasteiger partial charge in [0.05, 0.1) is 5.60 Å². The van der Waals surface area contributed by atoms with Crippen LogP contribution in [0.4, 0.5) is 0 Å². The number of ketones is 1. The van der Waals surface area contributed by atoms with Gasteiger partial charge in [-0.05, 0) is 46.7 Å². The van der Waals surface area contributed by atoms with Crippen LogP contribution in [0.25, 0.3) is 0 Å². The number of carbonyl (C=O) groups is 1. The molecule has 0 saturated heterocycles. The maximum atomic E-state index is 10.7. The van der Waals surface area contributed by atoms with Gasteiger partial charge in [0.15, 0.2) is 0 Å². The molecule has 0 aromatic heterocycles. The van der Waals surface area contributed by atoms with Crippen LogP contribution in [0, 0.1) is 0 Å². The number of hydrogen-bond donors (Lipinski definition) is 1. The van der Waals surface area contributed by atoms with Gasteiger partial charge in [-0.15, -0.1) is 0 Å². The molecule has 0 aromatic carbocycles. The van der Waals surface area contributed by atoms with Crippen molar-refractivity contribution in [3.8, 4) is 0 Å². The third-order valence-corrected chi connectivity index (χ3v) is 2.31. The predicted octanol–water partition coefficient (Wildman–Crippen LogP) is 1.84. The summed E-state index contributed by atoms with van der Waals surface area (Å²) in [6.45, 7) is 9.99. The van der Waals surface area contributed by atoms with Gasteiger partial charge >= 0.3 is 0 Å². The minimum atomic E-state index is -0.628. The van der Waals surface area contributed by atoms with Crippen LogP contribution in [-0.2, 0) is 4.79 Å². The van der Waals surface area contributed by atoms with Gasteiger partial charge < -0.3 is 14.8 Å². The molecule has 0 heterocycles. The molecule has 0 saturated carbocycles. The van der Waals surface area contributed by atoms with Crippen molar-refractivity contribution in [3.05, 3.63) is 0 Å². The zero-order chi connectivity index (χ0) is 11.9. The van der Waals surface area contributed by atoms with Crippen LogP contribution < -0.4 is 0 Å². The van der Waals surface area contributed by atoms with Crippen molar-refractivity contribution in [2.24, 2.45) is 0 Å². The van der Waals surface area contributed by atoms with Crippen molar-refractivity contribution in [3.63, 3.8) is 0 Å². The lowest BCUT2D eigenvalue weighted by atomic mass is 10.1. The van der Waals surface area contributed by atoms with Crippen LogP contribution in [-0.4, -0.2) is 41.0 Å². The number of carbonyl (C=O) groups excluding carboxylic acids is 1. The number of rotatable bonds is 8. The lowest BCUT2D eigenvalue weighted by molar-refractivity contribution is -0.117. The molecule has 0 rings (SSSR count). The zero-order valence-corrected chi connectivity index (χ0v) is 10.5. The highest BCUT2D eigenvalue weighted by Crippen LogP contribution is 2.06. The second-order valence-electron chi connectivity index (χ2n) is 4.84. The Morgan fingerprint density at radius 1 is 1.33 bits per heavy atom. The fraction of sp³-hybridized carbons (Fsp3) is 0.917. The highest BCUT2D eigenvalue weighted by molar-refractivity contribution is 5.75. The van der Waals surface area contributed by atoms with Crippen molar-refractivity contribution in [1.29, 1.82) is 0 Å². The number of unbranched alkanes of at least 4 members (excludes halogenated alkanes) is 1. The molecule has 90 valence electrons. The quantitative estimate of drug-likeness (QED) is 0.628. The SMILES string of the molecule is CCN(CCCCC(C)=O)CC(C)(C)O. The van der Waals surface area contributed by atoms with Crippen LogP contribution in [0.5, 0.6) is 0 Å². The van der Waals surface area contributed by atoms with Gasteiger partial charge in [-0.3, -0.25) is 0 Å². The number of likely N-dealkylation sites (N-methyl/N-ethyl adjacent to an activating group) is 1. The highest BCUT2D eigenvalue weighted by Gasteiger charge is 2.16. The number of aliphatic hydroxyl groups is 1. The highest BCUT2D eigenvalue weighted by atomic mass is 16.3. The first-order valence-electron chi connectivity index (χ1n) is 5.79. The molecule has 0 aliphatic rings. The minimum absolute atomic E-state index is 0.264. The molecule has 3 heteroatoms. The Labute approximate surface area is 93.5 Å². The van der Waals surface area contributed by atoms with Crippen molar-refractivity contribution in [2.45, 2.75) is 52.6 Å². The first-order valence-corrected chi connectivity index (χ1v) is 5.79. The lowest BCUT2D eigenvalue weighted by Crippen LogP contribution is -2.39. The molecule has 1 N–H and O–H groups in total. The summed E-state index contributed by atoms with van der Waals surface area (Å²) in [6, 6.07) is 0. The number of nitrogens with zero attached hydrogens (tertiary/aromatic N) is 1. The van der Waals surface area contributed by atoms with Gasteiger partial charge in [0.1, 0.15) is 5.78 Å². The molecular formula is C12H25NO2. The Bertz CT molecular complexity index is 185. The molecule has 0 radical (unpaired) electrons. The monoisotopic (exact) mass is 215 g/mol. The van der Waals surface area contributed by atoms with Gasteiger partial charge in [0.2, 0.25) is 0 Å². The maximum absolute atomic E-state index is 10.7. The third kappa shape index (κ3) is 9.88. The topological polar surface area (TPSA) is 40.5 Å². The number of Topliss-reactive ketones (excluding diaryl/α,β-unsaturated/α-hetero) is 1. The summed E-state index contributed by atoms with van der Waals surface area (Å²) < 4.78 is 0. The van der Waals surface area contributed by atoms with Gasteiger partial charge in [-0.25, -0.2) is 0 Å². The Kier molecular flexibility index (Phi) is 6.77. The third-order valence-electron chi connectivity index (χ3n) is 2.31. The van der Waals surface area contributed by atoms with Gasteiger partial charge in [0, 0.05) is 13.0 Å². The Balaban J connectivity index is 3.67. The summed E-state index contributed by atoms with van der Waals surface area (Å²) >= 11 is 0. The lowest BCUT2D eigenvalue weighted by Gasteiger charge is -2.27. The van der Waals surface area contributed by atoms with Crippen LogP contribution >= 0.6 is 0 Å². The fourth-order valence-electron chi connectivity index (χ4n) is 1.61. The molecule has 0 bridgehead atoms. The molecule has 0 aromatic rings. The van der Waals surface area contributed by atoms with E-state index in [9.17, 15) is 9.90 Å². The normalized spacial score (nSPS) is 12.1. The molecule has 0 aliphatic heterocycles. The van der Waals surface area contributed by atoms with Crippen molar-refractivity contribution < 1.29 is 9.90 Å². The minimum Gasteiger partial charge on any atom is -0.389 e. The van der Waals surface area contributed by atoms with E-state index in [4.69, 9.17) is 0 Å². The summed E-state index contributed by atoms with van der Waals surface area (Å²) in [4.78, 5) is 13.0. The standard InChI is InChI=1S/C12H25NO2/c1-5-13(10-12(3,4)15)9-7-6-8-11(2)14/h15H,5-10H2,1-4H3. The summed E-state index contributed by atoms with van der Waals surface area (Å²) in [6.07, 6.45) is 2.67. The number of hydrogen-bond acceptors (Lipinski definition) is 3. The predicted molar refractivity (Wildman–Crippen MR) is 62.9 cm³/mol. The largest absolute Gasteiger partial charge is 0.389 e. The van der Waals surface area contributed by atoms with E-state index in [1.54, 1.807) is 6.92 Å². The molecule has 0 atom stereocenters. The summed E-state index contributed by atoms with van der Waals surface area (Å²) in [5.74, 6) is 0.264. The summed E-state index contributed by atoms with van der Waals surface area (Å²) in [5.41, 5.74) is -0.628. The van der Waals surface area contributed by atoms with E-state index in [-0.39, 0.29) is 5.78 Å². The zero-order valence-electron chi connectivity index (χ0n) is 10.5. The van der Waals surface area contributed by atoms with E-state index < -0.39 is 5.60 Å². The molecule has 0 fully saturated rings. The molecule has 0 unspecified atom stereocenters. The van der Waals surface area contributed by atoms with Gasteiger partial charge in [0.25, 0.3) is 0 Å². The van der Waals surface area contributed by atoms with E-state index in [1.165, 1.54) is 0 Å². The molecule has 0 spiro atoms. The van der Waals surface area contributed by atoms with E-state index in [1.807, 2.05) is 13.8 Å². The molecule has 3 nitrogen and oxygen atoms in total. The first kappa shape index (κ1) is 14.6. The smallest absolute Gasteiger partial charge is 0.129 e. The Morgan fingerprint density at radius 2 is 1.93 bits per heavy atom. The molecule has 0 amide bonds. The second-order valence-corrected chi connectivity index (χ2v) is 4.84. The molecule has 15 heavy (non-hydrogen) atoms.